The summed E-state index contributed by atoms with van der Waals surface area (Å²) in [4.78, 5) is 27.9. The molecule has 0 saturated carbocycles. The van der Waals surface area contributed by atoms with Gasteiger partial charge in [-0.1, -0.05) is 38.5 Å². The molecule has 2 amide bonds. The van der Waals surface area contributed by atoms with Gasteiger partial charge in [-0.3, -0.25) is 9.59 Å². The summed E-state index contributed by atoms with van der Waals surface area (Å²) in [5.74, 6) is 1.67. The Morgan fingerprint density at radius 1 is 1.22 bits per heavy atom. The minimum atomic E-state index is -0.397. The Kier molecular flexibility index (Phi) is 8.97. The van der Waals surface area contributed by atoms with Crippen molar-refractivity contribution < 1.29 is 19.1 Å². The van der Waals surface area contributed by atoms with Crippen LogP contribution in [0.15, 0.2) is 24.3 Å². The maximum Gasteiger partial charge on any atom is 0.226 e. The number of nitrogens with one attached hydrogen (secondary N) is 1. The van der Waals surface area contributed by atoms with Gasteiger partial charge in [0.2, 0.25) is 11.8 Å². The number of nitrogens with zero attached hydrogens (tertiary/aromatic N) is 1. The van der Waals surface area contributed by atoms with E-state index in [1.807, 2.05) is 17.0 Å². The number of amides is 2. The number of carbonyl (C=O) groups is 2. The molecular formula is C26H40N2O4. The van der Waals surface area contributed by atoms with E-state index in [2.05, 4.69) is 31.3 Å². The van der Waals surface area contributed by atoms with E-state index in [9.17, 15) is 9.59 Å². The largest absolute Gasteiger partial charge is 0.491 e. The molecule has 0 aliphatic carbocycles. The van der Waals surface area contributed by atoms with E-state index in [4.69, 9.17) is 9.47 Å². The minimum Gasteiger partial charge on any atom is -0.491 e. The predicted octanol–water partition coefficient (Wildman–Crippen LogP) is 3.97. The van der Waals surface area contributed by atoms with Crippen molar-refractivity contribution in [2.45, 2.75) is 71.3 Å². The summed E-state index contributed by atoms with van der Waals surface area (Å²) in [5.41, 5.74) is 0.849. The van der Waals surface area contributed by atoms with Crippen LogP contribution in [0.2, 0.25) is 0 Å². The highest BCUT2D eigenvalue weighted by molar-refractivity contribution is 5.84. The summed E-state index contributed by atoms with van der Waals surface area (Å²) < 4.78 is 11.3. The molecule has 0 bridgehead atoms. The van der Waals surface area contributed by atoms with Crippen molar-refractivity contribution in [2.75, 3.05) is 33.4 Å². The summed E-state index contributed by atoms with van der Waals surface area (Å²) in [5, 5.41) is 3.35. The number of para-hydroxylation sites is 1. The Hall–Kier alpha value is -2.08. The highest BCUT2D eigenvalue weighted by Crippen LogP contribution is 2.38. The standard InChI is InChI=1S/C26H40N2O4/c1-20(2)18-22-19-32-23-10-5-4-8-21(23)9-6-7-12-26(25(30)27-22)13-15-28(16-14-26)24(29)11-17-31-3/h4-5,8,10,20,22H,6-7,9,11-19H2,1-3H3,(H,27,30)/t22-/m0/s1. The number of hydrogen-bond donors (Lipinski definition) is 1. The zero-order valence-electron chi connectivity index (χ0n) is 20.0. The molecule has 0 radical (unpaired) electrons. The summed E-state index contributed by atoms with van der Waals surface area (Å²) in [6.07, 6.45) is 6.59. The Morgan fingerprint density at radius 2 is 1.97 bits per heavy atom. The molecule has 1 saturated heterocycles. The molecule has 1 aromatic rings. The molecule has 6 nitrogen and oxygen atoms in total. The summed E-state index contributed by atoms with van der Waals surface area (Å²) >= 11 is 0. The number of aryl methyl sites for hydroxylation is 1. The van der Waals surface area contributed by atoms with E-state index >= 15 is 0 Å². The van der Waals surface area contributed by atoms with Crippen LogP contribution < -0.4 is 10.1 Å². The molecule has 2 aliphatic rings. The second-order valence-corrected chi connectivity index (χ2v) is 9.83. The lowest BCUT2D eigenvalue weighted by molar-refractivity contribution is -0.142. The van der Waals surface area contributed by atoms with Gasteiger partial charge in [-0.2, -0.15) is 0 Å². The van der Waals surface area contributed by atoms with Crippen molar-refractivity contribution in [1.82, 2.24) is 10.2 Å². The number of fused-ring (bicyclic) bond motifs is 1. The number of carbonyl (C=O) groups excluding carboxylic acids is 2. The third kappa shape index (κ3) is 6.47. The number of methoxy groups -OCH3 is 1. The van der Waals surface area contributed by atoms with Crippen LogP contribution in [0.5, 0.6) is 5.75 Å². The second kappa shape index (κ2) is 11.7. The first-order valence-electron chi connectivity index (χ1n) is 12.2. The average molecular weight is 445 g/mol. The van der Waals surface area contributed by atoms with Gasteiger partial charge in [0.1, 0.15) is 12.4 Å². The van der Waals surface area contributed by atoms with E-state index < -0.39 is 5.41 Å². The lowest BCUT2D eigenvalue weighted by atomic mass is 9.73. The molecule has 32 heavy (non-hydrogen) atoms. The topological polar surface area (TPSA) is 67.9 Å². The van der Waals surface area contributed by atoms with Crippen molar-refractivity contribution >= 4 is 11.8 Å². The minimum absolute atomic E-state index is 0.0202. The first-order chi connectivity index (χ1) is 15.4. The lowest BCUT2D eigenvalue weighted by Crippen LogP contribution is -2.53. The van der Waals surface area contributed by atoms with Crippen molar-refractivity contribution in [3.63, 3.8) is 0 Å². The fourth-order valence-electron chi connectivity index (χ4n) is 5.02. The number of hydrogen-bond acceptors (Lipinski definition) is 4. The Bertz CT molecular complexity index is 756. The second-order valence-electron chi connectivity index (χ2n) is 9.83. The monoisotopic (exact) mass is 444 g/mol. The maximum atomic E-state index is 13.6. The van der Waals surface area contributed by atoms with Gasteiger partial charge in [0, 0.05) is 20.2 Å². The third-order valence-corrected chi connectivity index (χ3v) is 6.93. The van der Waals surface area contributed by atoms with Crippen LogP contribution in [0.4, 0.5) is 0 Å². The quantitative estimate of drug-likeness (QED) is 0.746. The molecular weight excluding hydrogens is 404 g/mol. The van der Waals surface area contributed by atoms with Crippen molar-refractivity contribution in [3.8, 4) is 5.75 Å². The van der Waals surface area contributed by atoms with Crippen LogP contribution in [0.1, 0.15) is 64.4 Å². The molecule has 1 N–H and O–H groups in total. The number of piperidine rings is 1. The summed E-state index contributed by atoms with van der Waals surface area (Å²) in [6.45, 7) is 6.57. The van der Waals surface area contributed by atoms with Crippen LogP contribution >= 0.6 is 0 Å². The van der Waals surface area contributed by atoms with Crippen molar-refractivity contribution in [2.24, 2.45) is 11.3 Å². The van der Waals surface area contributed by atoms with Gasteiger partial charge in [-0.15, -0.1) is 0 Å². The third-order valence-electron chi connectivity index (χ3n) is 6.93. The molecule has 1 fully saturated rings. The van der Waals surface area contributed by atoms with Crippen LogP contribution in [-0.2, 0) is 20.7 Å². The SMILES string of the molecule is COCCC(=O)N1CCC2(CCCCc3ccccc3OC[C@H](CC(C)C)NC2=O)CC1. The smallest absolute Gasteiger partial charge is 0.226 e. The maximum absolute atomic E-state index is 13.6. The highest BCUT2D eigenvalue weighted by atomic mass is 16.5. The zero-order valence-corrected chi connectivity index (χ0v) is 20.0. The van der Waals surface area contributed by atoms with Gasteiger partial charge >= 0.3 is 0 Å². The van der Waals surface area contributed by atoms with E-state index in [1.54, 1.807) is 7.11 Å². The zero-order chi connectivity index (χ0) is 23.0. The fourth-order valence-corrected chi connectivity index (χ4v) is 5.02. The normalized spacial score (nSPS) is 21.8. The lowest BCUT2D eigenvalue weighted by Gasteiger charge is -2.42. The molecule has 0 unspecified atom stereocenters. The van der Waals surface area contributed by atoms with E-state index in [0.29, 0.717) is 38.6 Å². The van der Waals surface area contributed by atoms with Gasteiger partial charge in [-0.25, -0.2) is 0 Å². The van der Waals surface area contributed by atoms with Crippen LogP contribution in [0.25, 0.3) is 0 Å². The highest BCUT2D eigenvalue weighted by Gasteiger charge is 2.42. The Morgan fingerprint density at radius 3 is 2.69 bits per heavy atom. The molecule has 2 aliphatic heterocycles. The van der Waals surface area contributed by atoms with E-state index in [0.717, 1.165) is 50.7 Å². The molecule has 178 valence electrons. The predicted molar refractivity (Wildman–Crippen MR) is 126 cm³/mol. The van der Waals surface area contributed by atoms with Gasteiger partial charge in [0.15, 0.2) is 0 Å². The summed E-state index contributed by atoms with van der Waals surface area (Å²) in [7, 11) is 1.61. The van der Waals surface area contributed by atoms with Gasteiger partial charge in [0.05, 0.1) is 24.5 Å². The fraction of sp³-hybridized carbons (Fsp3) is 0.692. The van der Waals surface area contributed by atoms with Crippen molar-refractivity contribution in [3.05, 3.63) is 29.8 Å². The summed E-state index contributed by atoms with van der Waals surface area (Å²) in [6, 6.07) is 8.24. The van der Waals surface area contributed by atoms with Gasteiger partial charge in [-0.05, 0) is 56.1 Å². The first kappa shape index (κ1) is 24.6. The van der Waals surface area contributed by atoms with E-state index in [-0.39, 0.29) is 17.9 Å². The number of benzene rings is 1. The molecule has 1 spiro atoms. The van der Waals surface area contributed by atoms with E-state index in [1.165, 1.54) is 5.56 Å². The number of ether oxygens (including phenoxy) is 2. The molecule has 3 rings (SSSR count). The van der Waals surface area contributed by atoms with Crippen LogP contribution in [0, 0.1) is 11.3 Å². The van der Waals surface area contributed by atoms with Gasteiger partial charge < -0.3 is 19.7 Å². The molecule has 1 aromatic carbocycles. The average Bonchev–Trinajstić information content (AvgIpc) is 2.78. The molecule has 2 heterocycles. The van der Waals surface area contributed by atoms with Crippen LogP contribution in [-0.4, -0.2) is 56.2 Å². The molecule has 0 aromatic heterocycles. The number of rotatable bonds is 5. The Labute approximate surface area is 193 Å². The first-order valence-corrected chi connectivity index (χ1v) is 12.2. The van der Waals surface area contributed by atoms with Crippen molar-refractivity contribution in [1.29, 1.82) is 0 Å². The van der Waals surface area contributed by atoms with Gasteiger partial charge in [0.25, 0.3) is 0 Å². The molecule has 1 atom stereocenters. The Balaban J connectivity index is 1.74. The molecule has 6 heteroatoms. The number of likely N-dealkylation sites (tertiary alicyclic amines) is 1. The van der Waals surface area contributed by atoms with Crippen LogP contribution in [0.3, 0.4) is 0 Å².